The van der Waals surface area contributed by atoms with Gasteiger partial charge in [0.15, 0.2) is 0 Å². The highest BCUT2D eigenvalue weighted by Crippen LogP contribution is 2.15. The molecule has 0 aromatic rings. The van der Waals surface area contributed by atoms with Crippen LogP contribution in [0.2, 0.25) is 0 Å². The summed E-state index contributed by atoms with van der Waals surface area (Å²) >= 11 is 0. The van der Waals surface area contributed by atoms with Crippen molar-refractivity contribution in [2.24, 2.45) is 11.7 Å². The van der Waals surface area contributed by atoms with Crippen molar-refractivity contribution in [3.05, 3.63) is 0 Å². The fourth-order valence-electron chi connectivity index (χ4n) is 1.37. The van der Waals surface area contributed by atoms with Crippen molar-refractivity contribution in [1.82, 2.24) is 10.2 Å². The molecule has 108 valence electrons. The zero-order chi connectivity index (χ0) is 14.3. The number of rotatable bonds is 7. The molecular formula is C11H22F3N3O. The first-order valence-corrected chi connectivity index (χ1v) is 5.92. The van der Waals surface area contributed by atoms with Crippen LogP contribution in [0.1, 0.15) is 20.3 Å². The summed E-state index contributed by atoms with van der Waals surface area (Å²) in [7, 11) is 1.40. The largest absolute Gasteiger partial charge is 0.401 e. The Hall–Kier alpha value is -0.820. The van der Waals surface area contributed by atoms with Gasteiger partial charge in [0.05, 0.1) is 12.6 Å². The van der Waals surface area contributed by atoms with Gasteiger partial charge in [0, 0.05) is 6.54 Å². The van der Waals surface area contributed by atoms with Crippen molar-refractivity contribution < 1.29 is 18.0 Å². The van der Waals surface area contributed by atoms with E-state index in [1.54, 1.807) is 0 Å². The minimum atomic E-state index is -4.18. The number of halogens is 3. The maximum atomic E-state index is 12.0. The molecule has 0 heterocycles. The standard InChI is InChI=1S/C11H22F3N3O/c1-8(2)9(15)10(18)16-5-4-6-17(3)7-11(12,13)14/h8-9H,4-7,15H2,1-3H3,(H,16,18)/t9-/m0/s1. The van der Waals surface area contributed by atoms with Crippen molar-refractivity contribution in [2.45, 2.75) is 32.5 Å². The summed E-state index contributed by atoms with van der Waals surface area (Å²) < 4.78 is 36.0. The van der Waals surface area contributed by atoms with Gasteiger partial charge in [-0.2, -0.15) is 13.2 Å². The van der Waals surface area contributed by atoms with Crippen LogP contribution in [0.5, 0.6) is 0 Å². The third-order valence-electron chi connectivity index (χ3n) is 2.49. The molecule has 0 aromatic heterocycles. The number of carbonyl (C=O) groups excluding carboxylic acids is 1. The fourth-order valence-corrected chi connectivity index (χ4v) is 1.37. The second kappa shape index (κ2) is 7.58. The lowest BCUT2D eigenvalue weighted by Crippen LogP contribution is -2.44. The molecule has 0 spiro atoms. The lowest BCUT2D eigenvalue weighted by atomic mass is 10.1. The summed E-state index contributed by atoms with van der Waals surface area (Å²) in [5, 5.41) is 2.61. The van der Waals surface area contributed by atoms with Gasteiger partial charge in [-0.15, -0.1) is 0 Å². The number of nitrogens with two attached hydrogens (primary N) is 1. The van der Waals surface area contributed by atoms with Crippen molar-refractivity contribution in [3.63, 3.8) is 0 Å². The first-order chi connectivity index (χ1) is 8.13. The van der Waals surface area contributed by atoms with E-state index in [0.29, 0.717) is 13.0 Å². The first-order valence-electron chi connectivity index (χ1n) is 5.92. The summed E-state index contributed by atoms with van der Waals surface area (Å²) in [6.07, 6.45) is -3.72. The van der Waals surface area contributed by atoms with Gasteiger partial charge in [0.1, 0.15) is 0 Å². The van der Waals surface area contributed by atoms with Gasteiger partial charge >= 0.3 is 6.18 Å². The van der Waals surface area contributed by atoms with Crippen molar-refractivity contribution in [1.29, 1.82) is 0 Å². The molecule has 3 N–H and O–H groups in total. The molecule has 0 saturated heterocycles. The number of hydrogen-bond donors (Lipinski definition) is 2. The molecule has 0 fully saturated rings. The molecule has 0 rings (SSSR count). The van der Waals surface area contributed by atoms with E-state index in [2.05, 4.69) is 5.32 Å². The number of nitrogens with one attached hydrogen (secondary N) is 1. The van der Waals surface area contributed by atoms with Crippen LogP contribution in [-0.2, 0) is 4.79 Å². The second-order valence-electron chi connectivity index (χ2n) is 4.77. The van der Waals surface area contributed by atoms with E-state index in [0.717, 1.165) is 0 Å². The predicted octanol–water partition coefficient (Wildman–Crippen LogP) is 0.970. The van der Waals surface area contributed by atoms with Gasteiger partial charge in [-0.1, -0.05) is 13.8 Å². The summed E-state index contributed by atoms with van der Waals surface area (Å²) in [5.74, 6) is -0.221. The Morgan fingerprint density at radius 2 is 1.94 bits per heavy atom. The average molecular weight is 269 g/mol. The number of carbonyl (C=O) groups is 1. The number of hydrogen-bond acceptors (Lipinski definition) is 3. The van der Waals surface area contributed by atoms with E-state index in [-0.39, 0.29) is 18.4 Å². The van der Waals surface area contributed by atoms with Crippen LogP contribution in [-0.4, -0.2) is 49.7 Å². The lowest BCUT2D eigenvalue weighted by molar-refractivity contribution is -0.143. The van der Waals surface area contributed by atoms with Crippen molar-refractivity contribution >= 4 is 5.91 Å². The zero-order valence-corrected chi connectivity index (χ0v) is 11.0. The minimum absolute atomic E-state index is 0.0397. The molecule has 0 aromatic carbocycles. The molecule has 4 nitrogen and oxygen atoms in total. The Morgan fingerprint density at radius 3 is 2.39 bits per heavy atom. The third kappa shape index (κ3) is 8.30. The molecule has 0 unspecified atom stereocenters. The van der Waals surface area contributed by atoms with Crippen molar-refractivity contribution in [2.75, 3.05) is 26.7 Å². The average Bonchev–Trinajstić information content (AvgIpc) is 2.20. The molecule has 0 radical (unpaired) electrons. The maximum Gasteiger partial charge on any atom is 0.401 e. The Bertz CT molecular complexity index is 256. The number of amides is 1. The van der Waals surface area contributed by atoms with E-state index in [9.17, 15) is 18.0 Å². The molecule has 1 amide bonds. The summed E-state index contributed by atoms with van der Waals surface area (Å²) in [5.41, 5.74) is 5.61. The van der Waals surface area contributed by atoms with Gasteiger partial charge in [-0.05, 0) is 25.9 Å². The van der Waals surface area contributed by atoms with E-state index in [4.69, 9.17) is 5.73 Å². The fraction of sp³-hybridized carbons (Fsp3) is 0.909. The monoisotopic (exact) mass is 269 g/mol. The molecule has 0 aliphatic heterocycles. The van der Waals surface area contributed by atoms with Gasteiger partial charge in [0.2, 0.25) is 5.91 Å². The second-order valence-corrected chi connectivity index (χ2v) is 4.77. The van der Waals surface area contributed by atoms with Gasteiger partial charge in [-0.3, -0.25) is 9.69 Å². The van der Waals surface area contributed by atoms with E-state index in [1.165, 1.54) is 11.9 Å². The smallest absolute Gasteiger partial charge is 0.355 e. The quantitative estimate of drug-likeness (QED) is 0.677. The Morgan fingerprint density at radius 1 is 1.39 bits per heavy atom. The molecule has 0 saturated carbocycles. The highest BCUT2D eigenvalue weighted by molar-refractivity contribution is 5.81. The molecule has 18 heavy (non-hydrogen) atoms. The number of alkyl halides is 3. The minimum Gasteiger partial charge on any atom is -0.355 e. The highest BCUT2D eigenvalue weighted by Gasteiger charge is 2.28. The van der Waals surface area contributed by atoms with Gasteiger partial charge in [-0.25, -0.2) is 0 Å². The van der Waals surface area contributed by atoms with E-state index >= 15 is 0 Å². The van der Waals surface area contributed by atoms with Crippen LogP contribution in [0.4, 0.5) is 13.2 Å². The molecule has 0 bridgehead atoms. The SMILES string of the molecule is CC(C)[C@H](N)C(=O)NCCCN(C)CC(F)(F)F. The summed E-state index contributed by atoms with van der Waals surface area (Å²) in [4.78, 5) is 12.6. The Kier molecular flexibility index (Phi) is 7.23. The summed E-state index contributed by atoms with van der Waals surface area (Å²) in [6.45, 7) is 3.34. The maximum absolute atomic E-state index is 12.0. The zero-order valence-electron chi connectivity index (χ0n) is 11.0. The van der Waals surface area contributed by atoms with E-state index < -0.39 is 18.8 Å². The molecular weight excluding hydrogens is 247 g/mol. The third-order valence-corrected chi connectivity index (χ3v) is 2.49. The van der Waals surface area contributed by atoms with Crippen LogP contribution in [0.25, 0.3) is 0 Å². The van der Waals surface area contributed by atoms with Crippen LogP contribution in [0.15, 0.2) is 0 Å². The van der Waals surface area contributed by atoms with Crippen molar-refractivity contribution in [3.8, 4) is 0 Å². The van der Waals surface area contributed by atoms with Gasteiger partial charge in [0.25, 0.3) is 0 Å². The highest BCUT2D eigenvalue weighted by atomic mass is 19.4. The normalized spacial score (nSPS) is 14.1. The lowest BCUT2D eigenvalue weighted by Gasteiger charge is -2.19. The van der Waals surface area contributed by atoms with Gasteiger partial charge < -0.3 is 11.1 Å². The molecule has 1 atom stereocenters. The summed E-state index contributed by atoms with van der Waals surface area (Å²) in [6, 6.07) is -0.571. The number of nitrogens with zero attached hydrogens (tertiary/aromatic N) is 1. The van der Waals surface area contributed by atoms with Crippen LogP contribution in [0.3, 0.4) is 0 Å². The van der Waals surface area contributed by atoms with Crippen LogP contribution >= 0.6 is 0 Å². The first kappa shape index (κ1) is 17.2. The molecule has 7 heteroatoms. The van der Waals surface area contributed by atoms with E-state index in [1.807, 2.05) is 13.8 Å². The predicted molar refractivity (Wildman–Crippen MR) is 64.0 cm³/mol. The van der Waals surface area contributed by atoms with Crippen LogP contribution in [0, 0.1) is 5.92 Å². The van der Waals surface area contributed by atoms with Crippen LogP contribution < -0.4 is 11.1 Å². The Balaban J connectivity index is 3.71. The molecule has 0 aliphatic rings. The topological polar surface area (TPSA) is 58.4 Å². The molecule has 0 aliphatic carbocycles. The Labute approximate surface area is 106 Å².